The van der Waals surface area contributed by atoms with Crippen LogP contribution in [0.2, 0.25) is 0 Å². The molecule has 0 atom stereocenters. The number of H-pyrrole nitrogens is 1. The largest absolute Gasteiger partial charge is 0.383 e. The molecule has 26 heavy (non-hydrogen) atoms. The second kappa shape index (κ2) is 7.09. The van der Waals surface area contributed by atoms with E-state index < -0.39 is 4.92 Å². The van der Waals surface area contributed by atoms with Gasteiger partial charge in [-0.15, -0.1) is 0 Å². The van der Waals surface area contributed by atoms with Crippen LogP contribution < -0.4 is 16.3 Å². The number of carbonyl (C=O) groups is 1. The molecule has 1 amide bonds. The summed E-state index contributed by atoms with van der Waals surface area (Å²) in [7, 11) is 1.66. The summed E-state index contributed by atoms with van der Waals surface area (Å²) >= 11 is 0. The summed E-state index contributed by atoms with van der Waals surface area (Å²) in [6.45, 7) is 0.840. The van der Waals surface area contributed by atoms with Gasteiger partial charge in [0, 0.05) is 43.5 Å². The molecule has 0 saturated heterocycles. The van der Waals surface area contributed by atoms with Gasteiger partial charge in [0.15, 0.2) is 0 Å². The molecule has 0 radical (unpaired) electrons. The van der Waals surface area contributed by atoms with Gasteiger partial charge in [-0.1, -0.05) is 0 Å². The number of nitro benzene ring substituents is 1. The van der Waals surface area contributed by atoms with Crippen molar-refractivity contribution in [2.45, 2.75) is 0 Å². The number of hydrogen-bond donors (Lipinski definition) is 3. The molecule has 0 aliphatic heterocycles. The van der Waals surface area contributed by atoms with Gasteiger partial charge in [-0.3, -0.25) is 19.5 Å². The first kappa shape index (κ1) is 17.2. The highest BCUT2D eigenvalue weighted by atomic mass is 16.6. The van der Waals surface area contributed by atoms with E-state index in [-0.39, 0.29) is 17.3 Å². The van der Waals surface area contributed by atoms with Gasteiger partial charge in [-0.25, -0.2) is 4.79 Å². The van der Waals surface area contributed by atoms with Crippen molar-refractivity contribution in [1.29, 1.82) is 0 Å². The van der Waals surface area contributed by atoms with Crippen LogP contribution in [0.4, 0.5) is 11.4 Å². The van der Waals surface area contributed by atoms with Gasteiger partial charge in [0.05, 0.1) is 16.0 Å². The molecule has 134 valence electrons. The zero-order chi connectivity index (χ0) is 18.7. The molecule has 1 heterocycles. The lowest BCUT2D eigenvalue weighted by Gasteiger charge is -2.08. The van der Waals surface area contributed by atoms with Gasteiger partial charge in [-0.2, -0.15) is 0 Å². The Bertz CT molecular complexity index is 1020. The number of aryl methyl sites for hydroxylation is 1. The van der Waals surface area contributed by atoms with Crippen LogP contribution in [0.15, 0.2) is 47.3 Å². The third-order valence-electron chi connectivity index (χ3n) is 3.98. The number of imidazole rings is 1. The number of amides is 1. The van der Waals surface area contributed by atoms with E-state index in [1.807, 2.05) is 0 Å². The van der Waals surface area contributed by atoms with E-state index in [0.29, 0.717) is 24.2 Å². The summed E-state index contributed by atoms with van der Waals surface area (Å²) in [5.74, 6) is -0.248. The van der Waals surface area contributed by atoms with E-state index in [1.54, 1.807) is 37.4 Å². The van der Waals surface area contributed by atoms with Crippen LogP contribution in [0.5, 0.6) is 0 Å². The average Bonchev–Trinajstić information content (AvgIpc) is 2.92. The van der Waals surface area contributed by atoms with Crippen LogP contribution in [0.1, 0.15) is 10.4 Å². The number of fused-ring (bicyclic) bond motifs is 1. The number of nitrogens with one attached hydrogen (secondary N) is 3. The normalized spacial score (nSPS) is 10.7. The summed E-state index contributed by atoms with van der Waals surface area (Å²) < 4.78 is 1.48. The molecular formula is C17H17N5O4. The van der Waals surface area contributed by atoms with Gasteiger partial charge < -0.3 is 15.6 Å². The molecule has 9 nitrogen and oxygen atoms in total. The molecule has 0 unspecified atom stereocenters. The minimum atomic E-state index is -0.458. The Labute approximate surface area is 147 Å². The molecule has 9 heteroatoms. The van der Waals surface area contributed by atoms with Crippen LogP contribution in [0, 0.1) is 10.1 Å². The molecule has 0 fully saturated rings. The topological polar surface area (TPSA) is 122 Å². The zero-order valence-electron chi connectivity index (χ0n) is 14.0. The number of aromatic nitrogens is 2. The van der Waals surface area contributed by atoms with E-state index in [2.05, 4.69) is 15.6 Å². The van der Waals surface area contributed by atoms with Crippen molar-refractivity contribution in [2.75, 3.05) is 18.4 Å². The summed E-state index contributed by atoms with van der Waals surface area (Å²) in [6, 6.07) is 11.1. The Kier molecular flexibility index (Phi) is 4.70. The molecule has 0 saturated carbocycles. The van der Waals surface area contributed by atoms with Crippen molar-refractivity contribution in [3.05, 3.63) is 68.6 Å². The highest BCUT2D eigenvalue weighted by Crippen LogP contribution is 2.15. The lowest BCUT2D eigenvalue weighted by Crippen LogP contribution is -2.28. The Morgan fingerprint density at radius 1 is 1.19 bits per heavy atom. The maximum Gasteiger partial charge on any atom is 0.326 e. The Balaban J connectivity index is 1.54. The van der Waals surface area contributed by atoms with Crippen molar-refractivity contribution in [3.63, 3.8) is 0 Å². The minimum absolute atomic E-state index is 0.0261. The lowest BCUT2D eigenvalue weighted by molar-refractivity contribution is -0.384. The zero-order valence-corrected chi connectivity index (χ0v) is 14.0. The van der Waals surface area contributed by atoms with Gasteiger partial charge in [0.2, 0.25) is 0 Å². The molecule has 0 aliphatic carbocycles. The summed E-state index contributed by atoms with van der Waals surface area (Å²) in [6.07, 6.45) is 0. The SMILES string of the molecule is Cn1c(=O)[nH]c2cc(C(=O)NCCNc3ccc([N+](=O)[O-])cc3)ccc21. The van der Waals surface area contributed by atoms with E-state index in [1.165, 1.54) is 16.7 Å². The number of hydrogen-bond acceptors (Lipinski definition) is 5. The Morgan fingerprint density at radius 3 is 2.62 bits per heavy atom. The number of nitro groups is 1. The van der Waals surface area contributed by atoms with Gasteiger partial charge in [0.25, 0.3) is 11.6 Å². The van der Waals surface area contributed by atoms with Crippen LogP contribution in [-0.2, 0) is 7.05 Å². The molecule has 2 aromatic carbocycles. The number of anilines is 1. The average molecular weight is 355 g/mol. The summed E-state index contributed by atoms with van der Waals surface area (Å²) in [4.78, 5) is 36.6. The molecular weight excluding hydrogens is 338 g/mol. The van der Waals surface area contributed by atoms with Crippen LogP contribution >= 0.6 is 0 Å². The van der Waals surface area contributed by atoms with Crippen molar-refractivity contribution in [2.24, 2.45) is 7.05 Å². The number of nitrogens with zero attached hydrogens (tertiary/aromatic N) is 2. The highest BCUT2D eigenvalue weighted by molar-refractivity contribution is 5.97. The van der Waals surface area contributed by atoms with E-state index in [4.69, 9.17) is 0 Å². The fraction of sp³-hybridized carbons (Fsp3) is 0.176. The Hall–Kier alpha value is -3.62. The molecule has 0 aliphatic rings. The molecule has 3 N–H and O–H groups in total. The van der Waals surface area contributed by atoms with E-state index >= 15 is 0 Å². The first-order valence-corrected chi connectivity index (χ1v) is 7.91. The van der Waals surface area contributed by atoms with Gasteiger partial charge in [0.1, 0.15) is 0 Å². The highest BCUT2D eigenvalue weighted by Gasteiger charge is 2.09. The first-order chi connectivity index (χ1) is 12.5. The number of carbonyl (C=O) groups excluding carboxylic acids is 1. The van der Waals surface area contributed by atoms with E-state index in [9.17, 15) is 19.7 Å². The molecule has 3 rings (SSSR count). The number of aromatic amines is 1. The monoisotopic (exact) mass is 355 g/mol. The van der Waals surface area contributed by atoms with Gasteiger partial charge >= 0.3 is 5.69 Å². The second-order valence-electron chi connectivity index (χ2n) is 5.71. The fourth-order valence-corrected chi connectivity index (χ4v) is 2.56. The standard InChI is InChI=1S/C17H17N5O4/c1-21-15-7-2-11(10-14(15)20-17(21)24)16(23)19-9-8-18-12-3-5-13(6-4-12)22(25)26/h2-7,10,18H,8-9H2,1H3,(H,19,23)(H,20,24). The predicted octanol–water partition coefficient (Wildman–Crippen LogP) is 1.62. The maximum absolute atomic E-state index is 12.2. The second-order valence-corrected chi connectivity index (χ2v) is 5.71. The molecule has 1 aromatic heterocycles. The molecule has 0 spiro atoms. The Morgan fingerprint density at radius 2 is 1.92 bits per heavy atom. The third-order valence-corrected chi connectivity index (χ3v) is 3.98. The van der Waals surface area contributed by atoms with Crippen LogP contribution in [0.3, 0.4) is 0 Å². The van der Waals surface area contributed by atoms with Crippen LogP contribution in [-0.4, -0.2) is 33.5 Å². The fourth-order valence-electron chi connectivity index (χ4n) is 2.56. The summed E-state index contributed by atoms with van der Waals surface area (Å²) in [5.41, 5.74) is 2.31. The van der Waals surface area contributed by atoms with Crippen molar-refractivity contribution in [1.82, 2.24) is 14.9 Å². The quantitative estimate of drug-likeness (QED) is 0.352. The maximum atomic E-state index is 12.2. The lowest BCUT2D eigenvalue weighted by atomic mass is 10.2. The molecule has 0 bridgehead atoms. The number of benzene rings is 2. The molecule has 3 aromatic rings. The van der Waals surface area contributed by atoms with Crippen molar-refractivity contribution >= 4 is 28.3 Å². The minimum Gasteiger partial charge on any atom is -0.383 e. The smallest absolute Gasteiger partial charge is 0.326 e. The number of non-ortho nitro benzene ring substituents is 1. The predicted molar refractivity (Wildman–Crippen MR) is 97.5 cm³/mol. The van der Waals surface area contributed by atoms with E-state index in [0.717, 1.165) is 11.2 Å². The first-order valence-electron chi connectivity index (χ1n) is 7.91. The third kappa shape index (κ3) is 3.56. The summed E-state index contributed by atoms with van der Waals surface area (Å²) in [5, 5.41) is 16.4. The van der Waals surface area contributed by atoms with Crippen LogP contribution in [0.25, 0.3) is 11.0 Å². The van der Waals surface area contributed by atoms with Crippen molar-refractivity contribution < 1.29 is 9.72 Å². The van der Waals surface area contributed by atoms with Gasteiger partial charge in [-0.05, 0) is 30.3 Å². The van der Waals surface area contributed by atoms with Crippen molar-refractivity contribution in [3.8, 4) is 0 Å². The number of rotatable bonds is 6.